The van der Waals surface area contributed by atoms with Crippen LogP contribution in [0.3, 0.4) is 0 Å². The van der Waals surface area contributed by atoms with Crippen molar-refractivity contribution in [1.82, 2.24) is 29.5 Å². The highest BCUT2D eigenvalue weighted by Gasteiger charge is 2.21. The summed E-state index contributed by atoms with van der Waals surface area (Å²) in [6.07, 6.45) is 7.89. The molecule has 1 unspecified atom stereocenters. The summed E-state index contributed by atoms with van der Waals surface area (Å²) in [5, 5.41) is 9.14. The molecule has 0 bridgehead atoms. The van der Waals surface area contributed by atoms with Crippen LogP contribution in [0, 0.1) is 0 Å². The average Bonchev–Trinajstić information content (AvgIpc) is 3.56. The third-order valence-electron chi connectivity index (χ3n) is 6.97. The molecule has 2 aromatic heterocycles. The van der Waals surface area contributed by atoms with Gasteiger partial charge in [-0.05, 0) is 48.7 Å². The maximum atomic E-state index is 5.52. The van der Waals surface area contributed by atoms with E-state index in [1.807, 2.05) is 4.57 Å². The van der Waals surface area contributed by atoms with Gasteiger partial charge >= 0.3 is 0 Å². The monoisotopic (exact) mass is 458 g/mol. The Morgan fingerprint density at radius 2 is 1.74 bits per heavy atom. The first-order valence-electron chi connectivity index (χ1n) is 12.2. The van der Waals surface area contributed by atoms with Crippen molar-refractivity contribution in [3.63, 3.8) is 0 Å². The van der Waals surface area contributed by atoms with E-state index in [0.717, 1.165) is 58.0 Å². The number of aromatic amines is 1. The molecule has 7 heteroatoms. The van der Waals surface area contributed by atoms with E-state index in [1.54, 1.807) is 19.8 Å². The summed E-state index contributed by atoms with van der Waals surface area (Å²) in [7, 11) is 1.80. The molecule has 0 aliphatic carbocycles. The molecule has 7 nitrogen and oxygen atoms in total. The summed E-state index contributed by atoms with van der Waals surface area (Å²) in [4.78, 5) is 8.64. The molecular weight excluding hydrogens is 424 g/mol. The lowest BCUT2D eigenvalue weighted by molar-refractivity contribution is 0.105. The van der Waals surface area contributed by atoms with Gasteiger partial charge < -0.3 is 19.5 Å². The number of ether oxygens (including phenoxy) is 1. The van der Waals surface area contributed by atoms with Gasteiger partial charge in [-0.25, -0.2) is 0 Å². The van der Waals surface area contributed by atoms with Gasteiger partial charge in [0.05, 0.1) is 6.61 Å². The Balaban J connectivity index is 1.11. The molecule has 5 rings (SSSR count). The van der Waals surface area contributed by atoms with Gasteiger partial charge in [-0.2, -0.15) is 0 Å². The molecule has 3 heterocycles. The second-order valence-corrected chi connectivity index (χ2v) is 9.22. The largest absolute Gasteiger partial charge is 0.384 e. The number of piperazine rings is 1. The average molecular weight is 459 g/mol. The van der Waals surface area contributed by atoms with Crippen LogP contribution in [0.15, 0.2) is 67.4 Å². The van der Waals surface area contributed by atoms with Gasteiger partial charge in [0, 0.05) is 68.5 Å². The molecule has 1 fully saturated rings. The van der Waals surface area contributed by atoms with Gasteiger partial charge in [-0.3, -0.25) is 4.57 Å². The van der Waals surface area contributed by atoms with Crippen molar-refractivity contribution in [3.05, 3.63) is 78.5 Å². The fraction of sp³-hybridized carbons (Fsp3) is 0.407. The number of hydrogen-bond acceptors (Lipinski definition) is 5. The number of nitrogens with one attached hydrogen (secondary N) is 1. The van der Waals surface area contributed by atoms with Crippen LogP contribution in [0.5, 0.6) is 0 Å². The maximum Gasteiger partial charge on any atom is 0.123 e. The van der Waals surface area contributed by atoms with Crippen LogP contribution in [0.4, 0.5) is 0 Å². The number of fused-ring (bicyclic) bond motifs is 1. The van der Waals surface area contributed by atoms with E-state index >= 15 is 0 Å². The summed E-state index contributed by atoms with van der Waals surface area (Å²) in [6, 6.07) is 17.2. The summed E-state index contributed by atoms with van der Waals surface area (Å²) >= 11 is 0. The Morgan fingerprint density at radius 1 is 0.971 bits per heavy atom. The van der Waals surface area contributed by atoms with E-state index in [2.05, 4.69) is 79.7 Å². The zero-order valence-electron chi connectivity index (χ0n) is 19.9. The van der Waals surface area contributed by atoms with Crippen LogP contribution in [0.1, 0.15) is 23.5 Å². The van der Waals surface area contributed by atoms with Gasteiger partial charge in [0.15, 0.2) is 0 Å². The number of aryl methyl sites for hydroxylation is 1. The zero-order valence-corrected chi connectivity index (χ0v) is 19.9. The third kappa shape index (κ3) is 5.38. The van der Waals surface area contributed by atoms with Gasteiger partial charge in [0.2, 0.25) is 0 Å². The van der Waals surface area contributed by atoms with Crippen LogP contribution >= 0.6 is 0 Å². The molecule has 1 aliphatic heterocycles. The molecule has 0 spiro atoms. The first kappa shape index (κ1) is 22.8. The molecule has 1 atom stereocenters. The number of rotatable bonds is 10. The Kier molecular flexibility index (Phi) is 7.34. The number of hydrogen-bond donors (Lipinski definition) is 1. The van der Waals surface area contributed by atoms with E-state index in [0.29, 0.717) is 5.92 Å². The van der Waals surface area contributed by atoms with Crippen molar-refractivity contribution in [3.8, 4) is 5.69 Å². The van der Waals surface area contributed by atoms with Crippen LogP contribution in [-0.4, -0.2) is 82.5 Å². The fourth-order valence-electron chi connectivity index (χ4n) is 5.05. The molecule has 1 aliphatic rings. The number of nitrogens with zero attached hydrogens (tertiary/aromatic N) is 5. The minimum absolute atomic E-state index is 0.433. The van der Waals surface area contributed by atoms with E-state index in [-0.39, 0.29) is 0 Å². The second kappa shape index (κ2) is 11.0. The van der Waals surface area contributed by atoms with Gasteiger partial charge in [-0.1, -0.05) is 30.3 Å². The molecule has 4 aromatic rings. The fourth-order valence-corrected chi connectivity index (χ4v) is 5.05. The summed E-state index contributed by atoms with van der Waals surface area (Å²) in [5.41, 5.74) is 5.04. The summed E-state index contributed by atoms with van der Waals surface area (Å²) < 4.78 is 7.47. The number of aromatic nitrogens is 4. The molecule has 0 amide bonds. The quantitative estimate of drug-likeness (QED) is 0.392. The van der Waals surface area contributed by atoms with Gasteiger partial charge in [-0.15, -0.1) is 10.2 Å². The number of benzene rings is 2. The van der Waals surface area contributed by atoms with Crippen LogP contribution < -0.4 is 0 Å². The predicted molar refractivity (Wildman–Crippen MR) is 135 cm³/mol. The molecule has 0 saturated carbocycles. The Morgan fingerprint density at radius 3 is 2.50 bits per heavy atom. The molecule has 0 radical (unpaired) electrons. The van der Waals surface area contributed by atoms with E-state index in [9.17, 15) is 0 Å². The van der Waals surface area contributed by atoms with Crippen molar-refractivity contribution in [1.29, 1.82) is 0 Å². The lowest BCUT2D eigenvalue weighted by atomic mass is 9.99. The van der Waals surface area contributed by atoms with Crippen molar-refractivity contribution in [2.75, 3.05) is 53.0 Å². The van der Waals surface area contributed by atoms with Crippen molar-refractivity contribution in [2.24, 2.45) is 0 Å². The van der Waals surface area contributed by atoms with Crippen LogP contribution in [0.2, 0.25) is 0 Å². The molecule has 2 aromatic carbocycles. The smallest absolute Gasteiger partial charge is 0.123 e. The van der Waals surface area contributed by atoms with Crippen molar-refractivity contribution in [2.45, 2.75) is 18.8 Å². The van der Waals surface area contributed by atoms with E-state index in [1.165, 1.54) is 28.5 Å². The highest BCUT2D eigenvalue weighted by Crippen LogP contribution is 2.23. The Hall–Kier alpha value is -3.00. The molecular formula is C27H34N6O. The molecule has 1 N–H and O–H groups in total. The summed E-state index contributed by atoms with van der Waals surface area (Å²) in [6.45, 7) is 7.51. The first-order valence-corrected chi connectivity index (χ1v) is 12.2. The first-order chi connectivity index (χ1) is 16.8. The highest BCUT2D eigenvalue weighted by molar-refractivity contribution is 5.85. The minimum Gasteiger partial charge on any atom is -0.384 e. The standard InChI is InChI=1S/C27H34N6O/c1-34-19-24(22-6-3-2-4-7-22)18-32-14-12-31(13-15-32)11-5-8-23-17-28-27-10-9-25(16-26(23)27)33-20-29-30-21-33/h2-4,6-7,9-10,16-17,20-21,24,28H,5,8,11-15,18-19H2,1H3. The summed E-state index contributed by atoms with van der Waals surface area (Å²) in [5.74, 6) is 0.433. The Bertz CT molecular complexity index is 1150. The van der Waals surface area contributed by atoms with Gasteiger partial charge in [0.1, 0.15) is 12.7 Å². The van der Waals surface area contributed by atoms with E-state index in [4.69, 9.17) is 4.74 Å². The minimum atomic E-state index is 0.433. The molecule has 1 saturated heterocycles. The molecule has 178 valence electrons. The zero-order chi connectivity index (χ0) is 23.2. The lowest BCUT2D eigenvalue weighted by Crippen LogP contribution is -2.48. The van der Waals surface area contributed by atoms with Gasteiger partial charge in [0.25, 0.3) is 0 Å². The van der Waals surface area contributed by atoms with Crippen molar-refractivity contribution < 1.29 is 4.74 Å². The lowest BCUT2D eigenvalue weighted by Gasteiger charge is -2.36. The maximum absolute atomic E-state index is 5.52. The SMILES string of the molecule is COCC(CN1CCN(CCCc2c[nH]c3ccc(-n4cnnc4)cc23)CC1)c1ccccc1. The normalized spacial score (nSPS) is 16.3. The third-order valence-corrected chi connectivity index (χ3v) is 6.97. The van der Waals surface area contributed by atoms with Crippen molar-refractivity contribution >= 4 is 10.9 Å². The topological polar surface area (TPSA) is 62.2 Å². The Labute approximate surface area is 201 Å². The van der Waals surface area contributed by atoms with Crippen LogP contribution in [-0.2, 0) is 11.2 Å². The second-order valence-electron chi connectivity index (χ2n) is 9.22. The highest BCUT2D eigenvalue weighted by atomic mass is 16.5. The predicted octanol–water partition coefficient (Wildman–Crippen LogP) is 3.73. The number of methoxy groups -OCH3 is 1. The van der Waals surface area contributed by atoms with Crippen LogP contribution in [0.25, 0.3) is 16.6 Å². The molecule has 34 heavy (non-hydrogen) atoms. The van der Waals surface area contributed by atoms with E-state index < -0.39 is 0 Å². The number of H-pyrrole nitrogens is 1.